The Labute approximate surface area is 136 Å². The van der Waals surface area contributed by atoms with Crippen molar-refractivity contribution in [2.24, 2.45) is 10.7 Å². The second-order valence-electron chi connectivity index (χ2n) is 5.19. The number of nitrogens with zero attached hydrogens (tertiary/aromatic N) is 3. The fourth-order valence-electron chi connectivity index (χ4n) is 2.64. The van der Waals surface area contributed by atoms with Crippen molar-refractivity contribution in [3.05, 3.63) is 59.9 Å². The topological polar surface area (TPSA) is 80.8 Å². The summed E-state index contributed by atoms with van der Waals surface area (Å²) in [5.41, 5.74) is 5.45. The molecule has 8 heteroatoms. The number of hydrogen-bond acceptors (Lipinski definition) is 5. The summed E-state index contributed by atoms with van der Waals surface area (Å²) < 4.78 is 28.9. The molecular weight excluding hydrogens is 318 g/mol. The summed E-state index contributed by atoms with van der Waals surface area (Å²) in [5.74, 6) is -0.293. The lowest BCUT2D eigenvalue weighted by atomic mass is 9.83. The van der Waals surface area contributed by atoms with Crippen LogP contribution in [0.3, 0.4) is 0 Å². The highest BCUT2D eigenvalue weighted by Gasteiger charge is 2.49. The summed E-state index contributed by atoms with van der Waals surface area (Å²) in [4.78, 5) is 22.5. The third-order valence-corrected chi connectivity index (χ3v) is 3.82. The number of nitrogens with two attached hydrogens (primary N) is 1. The Bertz CT molecular complexity index is 780. The molecule has 0 spiro atoms. The van der Waals surface area contributed by atoms with E-state index in [1.165, 1.54) is 42.4 Å². The van der Waals surface area contributed by atoms with Crippen LogP contribution in [-0.4, -0.2) is 35.4 Å². The van der Waals surface area contributed by atoms with E-state index in [-0.39, 0.29) is 17.6 Å². The Hall–Kier alpha value is -3.03. The summed E-state index contributed by atoms with van der Waals surface area (Å²) in [6.45, 7) is -2.92. The molecule has 2 heterocycles. The minimum atomic E-state index is -2.92. The van der Waals surface area contributed by atoms with Crippen LogP contribution in [0.5, 0.6) is 5.75 Å². The molecule has 1 amide bonds. The maximum absolute atomic E-state index is 12.9. The van der Waals surface area contributed by atoms with Crippen molar-refractivity contribution >= 4 is 11.9 Å². The van der Waals surface area contributed by atoms with Gasteiger partial charge in [0.1, 0.15) is 5.75 Å². The lowest BCUT2D eigenvalue weighted by Gasteiger charge is -2.25. The van der Waals surface area contributed by atoms with Gasteiger partial charge in [0, 0.05) is 25.0 Å². The van der Waals surface area contributed by atoms with Crippen LogP contribution in [0.15, 0.2) is 53.8 Å². The van der Waals surface area contributed by atoms with Crippen molar-refractivity contribution in [2.75, 3.05) is 7.05 Å². The number of hydrogen-bond donors (Lipinski definition) is 1. The fourth-order valence-corrected chi connectivity index (χ4v) is 2.64. The Morgan fingerprint density at radius 3 is 2.42 bits per heavy atom. The summed E-state index contributed by atoms with van der Waals surface area (Å²) in [6.07, 6.45) is 3.10. The molecule has 0 bridgehead atoms. The zero-order valence-corrected chi connectivity index (χ0v) is 12.7. The lowest BCUT2D eigenvalue weighted by molar-refractivity contribution is -0.129. The van der Waals surface area contributed by atoms with Gasteiger partial charge in [0.05, 0.1) is 0 Å². The van der Waals surface area contributed by atoms with Crippen LogP contribution in [0.4, 0.5) is 8.78 Å². The van der Waals surface area contributed by atoms with Crippen LogP contribution in [-0.2, 0) is 10.3 Å². The highest BCUT2D eigenvalue weighted by atomic mass is 19.3. The molecule has 24 heavy (non-hydrogen) atoms. The zero-order chi connectivity index (χ0) is 17.3. The van der Waals surface area contributed by atoms with Gasteiger partial charge in [0.25, 0.3) is 5.91 Å². The smallest absolute Gasteiger partial charge is 0.387 e. The summed E-state index contributed by atoms with van der Waals surface area (Å²) in [7, 11) is 1.52. The number of rotatable bonds is 4. The van der Waals surface area contributed by atoms with E-state index in [0.717, 1.165) is 0 Å². The van der Waals surface area contributed by atoms with Gasteiger partial charge >= 0.3 is 6.61 Å². The Morgan fingerprint density at radius 1 is 1.21 bits per heavy atom. The Kier molecular flexibility index (Phi) is 3.88. The molecule has 0 saturated carbocycles. The van der Waals surface area contributed by atoms with E-state index in [1.807, 2.05) is 0 Å². The number of aromatic nitrogens is 1. The molecule has 0 fully saturated rings. The summed E-state index contributed by atoms with van der Waals surface area (Å²) in [6, 6.07) is 9.14. The Balaban J connectivity index is 2.12. The SMILES string of the molecule is CN1C(=O)C(c2ccc(OC(F)F)cc2)(c2cccnc2)N=C1N. The number of aliphatic imine (C=N–C) groups is 1. The average Bonchev–Trinajstić information content (AvgIpc) is 2.81. The summed E-state index contributed by atoms with van der Waals surface area (Å²) >= 11 is 0. The highest BCUT2D eigenvalue weighted by molar-refractivity contribution is 6.08. The van der Waals surface area contributed by atoms with Gasteiger partial charge in [-0.05, 0) is 23.8 Å². The van der Waals surface area contributed by atoms with Crippen molar-refractivity contribution in [3.63, 3.8) is 0 Å². The molecule has 124 valence electrons. The molecule has 1 atom stereocenters. The second kappa shape index (κ2) is 5.88. The second-order valence-corrected chi connectivity index (χ2v) is 5.19. The monoisotopic (exact) mass is 332 g/mol. The van der Waals surface area contributed by atoms with Crippen molar-refractivity contribution in [2.45, 2.75) is 12.2 Å². The van der Waals surface area contributed by atoms with Gasteiger partial charge in [-0.25, -0.2) is 4.99 Å². The van der Waals surface area contributed by atoms with Gasteiger partial charge < -0.3 is 10.5 Å². The number of carbonyl (C=O) groups excluding carboxylic acids is 1. The molecule has 1 aliphatic heterocycles. The van der Waals surface area contributed by atoms with Gasteiger partial charge in [0.15, 0.2) is 11.5 Å². The van der Waals surface area contributed by atoms with Crippen LogP contribution >= 0.6 is 0 Å². The maximum Gasteiger partial charge on any atom is 0.387 e. The van der Waals surface area contributed by atoms with E-state index in [0.29, 0.717) is 11.1 Å². The Morgan fingerprint density at radius 2 is 1.92 bits per heavy atom. The van der Waals surface area contributed by atoms with Crippen molar-refractivity contribution < 1.29 is 18.3 Å². The lowest BCUT2D eigenvalue weighted by Crippen LogP contribution is -2.41. The number of ether oxygens (including phenoxy) is 1. The van der Waals surface area contributed by atoms with Gasteiger partial charge in [-0.2, -0.15) is 8.78 Å². The zero-order valence-electron chi connectivity index (χ0n) is 12.7. The first-order chi connectivity index (χ1) is 11.4. The van der Waals surface area contributed by atoms with Gasteiger partial charge in [-0.1, -0.05) is 18.2 Å². The number of likely N-dealkylation sites (N-methyl/N-ethyl adjacent to an activating group) is 1. The number of alkyl halides is 2. The van der Waals surface area contributed by atoms with E-state index in [1.54, 1.807) is 18.3 Å². The number of benzene rings is 1. The van der Waals surface area contributed by atoms with E-state index < -0.39 is 12.2 Å². The molecule has 0 aliphatic carbocycles. The normalized spacial score (nSPS) is 20.4. The van der Waals surface area contributed by atoms with Crippen LogP contribution in [0.25, 0.3) is 0 Å². The number of pyridine rings is 1. The number of guanidine groups is 1. The molecule has 1 aliphatic rings. The predicted molar refractivity (Wildman–Crippen MR) is 82.5 cm³/mol. The number of amides is 1. The van der Waals surface area contributed by atoms with E-state index in [4.69, 9.17) is 5.73 Å². The molecular formula is C16H14F2N4O2. The first kappa shape index (κ1) is 15.9. The van der Waals surface area contributed by atoms with Crippen molar-refractivity contribution in [1.82, 2.24) is 9.88 Å². The molecule has 0 radical (unpaired) electrons. The van der Waals surface area contributed by atoms with E-state index in [2.05, 4.69) is 14.7 Å². The standard InChI is InChI=1S/C16H14F2N4O2/c1-22-13(23)16(21-15(22)19,11-3-2-8-20-9-11)10-4-6-12(7-5-10)24-14(17)18/h2-9,14H,1H3,(H2,19,21). The van der Waals surface area contributed by atoms with Crippen molar-refractivity contribution in [3.8, 4) is 5.75 Å². The van der Waals surface area contributed by atoms with Crippen LogP contribution in [0.2, 0.25) is 0 Å². The first-order valence-corrected chi connectivity index (χ1v) is 7.04. The molecule has 1 unspecified atom stereocenters. The van der Waals surface area contributed by atoms with Crippen LogP contribution in [0.1, 0.15) is 11.1 Å². The van der Waals surface area contributed by atoms with Gasteiger partial charge in [0.2, 0.25) is 0 Å². The minimum absolute atomic E-state index is 0.00848. The molecule has 1 aromatic carbocycles. The maximum atomic E-state index is 12.9. The first-order valence-electron chi connectivity index (χ1n) is 7.04. The van der Waals surface area contributed by atoms with Gasteiger partial charge in [-0.3, -0.25) is 14.7 Å². The predicted octanol–water partition coefficient (Wildman–Crippen LogP) is 1.71. The fraction of sp³-hybridized carbons (Fsp3) is 0.188. The largest absolute Gasteiger partial charge is 0.435 e. The van der Waals surface area contributed by atoms with E-state index >= 15 is 0 Å². The molecule has 6 nitrogen and oxygen atoms in total. The third-order valence-electron chi connectivity index (χ3n) is 3.82. The average molecular weight is 332 g/mol. The quantitative estimate of drug-likeness (QED) is 0.924. The minimum Gasteiger partial charge on any atom is -0.435 e. The van der Waals surface area contributed by atoms with Crippen molar-refractivity contribution in [1.29, 1.82) is 0 Å². The molecule has 2 aromatic rings. The highest BCUT2D eigenvalue weighted by Crippen LogP contribution is 2.39. The molecule has 2 N–H and O–H groups in total. The number of carbonyl (C=O) groups is 1. The van der Waals surface area contributed by atoms with Crippen LogP contribution < -0.4 is 10.5 Å². The van der Waals surface area contributed by atoms with Gasteiger partial charge in [-0.15, -0.1) is 0 Å². The third kappa shape index (κ3) is 2.45. The molecule has 1 aromatic heterocycles. The molecule has 0 saturated heterocycles. The number of halogens is 2. The summed E-state index contributed by atoms with van der Waals surface area (Å²) in [5, 5.41) is 0. The van der Waals surface area contributed by atoms with Crippen LogP contribution in [0, 0.1) is 0 Å². The molecule has 3 rings (SSSR count). The van der Waals surface area contributed by atoms with E-state index in [9.17, 15) is 13.6 Å².